The van der Waals surface area contributed by atoms with Crippen LogP contribution in [0.3, 0.4) is 0 Å². The van der Waals surface area contributed by atoms with E-state index in [1.54, 1.807) is 0 Å². The van der Waals surface area contributed by atoms with Crippen molar-refractivity contribution in [2.75, 3.05) is 32.8 Å². The Hall–Kier alpha value is -0.120. The normalized spacial score (nSPS) is 28.7. The van der Waals surface area contributed by atoms with Crippen LogP contribution in [0.5, 0.6) is 0 Å². The summed E-state index contributed by atoms with van der Waals surface area (Å²) in [5.41, 5.74) is 0.532. The van der Waals surface area contributed by atoms with E-state index in [1.807, 2.05) is 0 Å². The maximum Gasteiger partial charge on any atom is 0.0826 e. The van der Waals surface area contributed by atoms with Crippen molar-refractivity contribution < 1.29 is 4.74 Å². The van der Waals surface area contributed by atoms with Crippen molar-refractivity contribution in [3.05, 3.63) is 0 Å². The van der Waals surface area contributed by atoms with E-state index in [1.165, 1.54) is 32.1 Å². The fourth-order valence-corrected chi connectivity index (χ4v) is 3.45. The molecular weight excluding hydrogens is 236 g/mol. The SMILES string of the molecule is CC(C)N1CCOC(CNCC2(C)CCCCC2)C1. The van der Waals surface area contributed by atoms with Crippen molar-refractivity contribution in [2.24, 2.45) is 5.41 Å². The van der Waals surface area contributed by atoms with Crippen LogP contribution in [0.15, 0.2) is 0 Å². The van der Waals surface area contributed by atoms with Gasteiger partial charge in [0.1, 0.15) is 0 Å². The zero-order chi connectivity index (χ0) is 13.7. The molecule has 19 heavy (non-hydrogen) atoms. The van der Waals surface area contributed by atoms with Gasteiger partial charge in [-0.1, -0.05) is 26.2 Å². The number of morpholine rings is 1. The maximum atomic E-state index is 5.88. The Kier molecular flexibility index (Phi) is 5.67. The van der Waals surface area contributed by atoms with Crippen molar-refractivity contribution in [1.82, 2.24) is 10.2 Å². The number of nitrogens with one attached hydrogen (secondary N) is 1. The first-order valence-electron chi connectivity index (χ1n) is 8.15. The van der Waals surface area contributed by atoms with Gasteiger partial charge >= 0.3 is 0 Å². The third kappa shape index (κ3) is 4.73. The molecule has 1 aliphatic heterocycles. The average molecular weight is 268 g/mol. The van der Waals surface area contributed by atoms with Crippen LogP contribution in [0.2, 0.25) is 0 Å². The molecule has 1 saturated heterocycles. The fraction of sp³-hybridized carbons (Fsp3) is 1.00. The summed E-state index contributed by atoms with van der Waals surface area (Å²) in [6, 6.07) is 0.641. The van der Waals surface area contributed by atoms with Crippen LogP contribution in [-0.2, 0) is 4.74 Å². The molecule has 0 spiro atoms. The van der Waals surface area contributed by atoms with Gasteiger partial charge in [0.2, 0.25) is 0 Å². The Morgan fingerprint density at radius 1 is 1.26 bits per heavy atom. The molecule has 2 rings (SSSR count). The minimum absolute atomic E-state index is 0.378. The lowest BCUT2D eigenvalue weighted by Gasteiger charge is -2.37. The highest BCUT2D eigenvalue weighted by atomic mass is 16.5. The first kappa shape index (κ1) is 15.3. The van der Waals surface area contributed by atoms with E-state index in [4.69, 9.17) is 4.74 Å². The molecule has 1 saturated carbocycles. The maximum absolute atomic E-state index is 5.88. The lowest BCUT2D eigenvalue weighted by Crippen LogP contribution is -2.50. The van der Waals surface area contributed by atoms with E-state index in [2.05, 4.69) is 31.0 Å². The second kappa shape index (κ2) is 7.05. The molecule has 1 heterocycles. The number of ether oxygens (including phenoxy) is 1. The summed E-state index contributed by atoms with van der Waals surface area (Å²) in [6.07, 6.45) is 7.43. The van der Waals surface area contributed by atoms with Crippen LogP contribution in [0, 0.1) is 5.41 Å². The lowest BCUT2D eigenvalue weighted by atomic mass is 9.76. The van der Waals surface area contributed by atoms with E-state index in [0.717, 1.165) is 32.8 Å². The number of nitrogens with zero attached hydrogens (tertiary/aromatic N) is 1. The molecule has 0 aromatic heterocycles. The van der Waals surface area contributed by atoms with Crippen LogP contribution < -0.4 is 5.32 Å². The Morgan fingerprint density at radius 2 is 2.00 bits per heavy atom. The molecular formula is C16H32N2O. The summed E-state index contributed by atoms with van der Waals surface area (Å²) in [5, 5.41) is 3.67. The van der Waals surface area contributed by atoms with Crippen LogP contribution in [0.1, 0.15) is 52.9 Å². The monoisotopic (exact) mass is 268 g/mol. The zero-order valence-electron chi connectivity index (χ0n) is 13.1. The molecule has 2 aliphatic rings. The summed E-state index contributed by atoms with van der Waals surface area (Å²) >= 11 is 0. The van der Waals surface area contributed by atoms with Crippen molar-refractivity contribution in [3.63, 3.8) is 0 Å². The van der Waals surface area contributed by atoms with Crippen LogP contribution in [-0.4, -0.2) is 49.8 Å². The fourth-order valence-electron chi connectivity index (χ4n) is 3.45. The molecule has 0 aromatic rings. The predicted octanol–water partition coefficient (Wildman–Crippen LogP) is 2.66. The van der Waals surface area contributed by atoms with Crippen LogP contribution in [0.25, 0.3) is 0 Å². The second-order valence-corrected chi connectivity index (χ2v) is 7.08. The summed E-state index contributed by atoms with van der Waals surface area (Å²) in [5.74, 6) is 0. The highest BCUT2D eigenvalue weighted by molar-refractivity contribution is 4.82. The van der Waals surface area contributed by atoms with E-state index in [9.17, 15) is 0 Å². The molecule has 1 unspecified atom stereocenters. The number of hydrogen-bond acceptors (Lipinski definition) is 3. The van der Waals surface area contributed by atoms with Gasteiger partial charge in [-0.3, -0.25) is 4.90 Å². The first-order chi connectivity index (χ1) is 9.09. The topological polar surface area (TPSA) is 24.5 Å². The van der Waals surface area contributed by atoms with Crippen molar-refractivity contribution in [3.8, 4) is 0 Å². The summed E-state index contributed by atoms with van der Waals surface area (Å²) in [7, 11) is 0. The summed E-state index contributed by atoms with van der Waals surface area (Å²) < 4.78 is 5.88. The van der Waals surface area contributed by atoms with E-state index < -0.39 is 0 Å². The molecule has 2 fully saturated rings. The standard InChI is InChI=1S/C16H32N2O/c1-14(2)18-9-10-19-15(12-18)11-17-13-16(3)7-5-4-6-8-16/h14-15,17H,4-13H2,1-3H3. The Balaban J connectivity index is 1.67. The third-order valence-electron chi connectivity index (χ3n) is 4.88. The van der Waals surface area contributed by atoms with Gasteiger partial charge in [-0.2, -0.15) is 0 Å². The summed E-state index contributed by atoms with van der Waals surface area (Å²) in [4.78, 5) is 2.53. The Labute approximate surface area is 119 Å². The van der Waals surface area contributed by atoms with Gasteiger partial charge < -0.3 is 10.1 Å². The van der Waals surface area contributed by atoms with Crippen molar-refractivity contribution >= 4 is 0 Å². The van der Waals surface area contributed by atoms with Crippen LogP contribution >= 0.6 is 0 Å². The third-order valence-corrected chi connectivity index (χ3v) is 4.88. The quantitative estimate of drug-likeness (QED) is 0.829. The number of rotatable bonds is 5. The molecule has 0 amide bonds. The minimum atomic E-state index is 0.378. The van der Waals surface area contributed by atoms with Crippen molar-refractivity contribution in [1.29, 1.82) is 0 Å². The molecule has 1 aliphatic carbocycles. The van der Waals surface area contributed by atoms with Gasteiger partial charge in [-0.25, -0.2) is 0 Å². The van der Waals surface area contributed by atoms with Crippen LogP contribution in [0.4, 0.5) is 0 Å². The highest BCUT2D eigenvalue weighted by Crippen LogP contribution is 2.34. The van der Waals surface area contributed by atoms with Gasteiger partial charge in [0.15, 0.2) is 0 Å². The molecule has 0 aromatic carbocycles. The Morgan fingerprint density at radius 3 is 2.68 bits per heavy atom. The molecule has 112 valence electrons. The average Bonchev–Trinajstić information content (AvgIpc) is 2.39. The predicted molar refractivity (Wildman–Crippen MR) is 80.5 cm³/mol. The van der Waals surface area contributed by atoms with E-state index in [0.29, 0.717) is 17.6 Å². The smallest absolute Gasteiger partial charge is 0.0826 e. The lowest BCUT2D eigenvalue weighted by molar-refractivity contribution is -0.0381. The van der Waals surface area contributed by atoms with Gasteiger partial charge in [0.05, 0.1) is 12.7 Å². The first-order valence-corrected chi connectivity index (χ1v) is 8.15. The molecule has 0 bridgehead atoms. The minimum Gasteiger partial charge on any atom is -0.374 e. The number of hydrogen-bond donors (Lipinski definition) is 1. The largest absolute Gasteiger partial charge is 0.374 e. The molecule has 0 radical (unpaired) electrons. The molecule has 3 nitrogen and oxygen atoms in total. The molecule has 1 N–H and O–H groups in total. The van der Waals surface area contributed by atoms with Gasteiger partial charge in [0.25, 0.3) is 0 Å². The van der Waals surface area contributed by atoms with E-state index >= 15 is 0 Å². The van der Waals surface area contributed by atoms with Gasteiger partial charge in [0, 0.05) is 32.2 Å². The molecule has 3 heteroatoms. The summed E-state index contributed by atoms with van der Waals surface area (Å²) in [6.45, 7) is 12.2. The van der Waals surface area contributed by atoms with E-state index in [-0.39, 0.29) is 0 Å². The Bertz CT molecular complexity index is 261. The van der Waals surface area contributed by atoms with Gasteiger partial charge in [-0.05, 0) is 32.1 Å². The van der Waals surface area contributed by atoms with Crippen molar-refractivity contribution in [2.45, 2.75) is 65.0 Å². The molecule has 1 atom stereocenters. The zero-order valence-corrected chi connectivity index (χ0v) is 13.1. The van der Waals surface area contributed by atoms with Gasteiger partial charge in [-0.15, -0.1) is 0 Å². The highest BCUT2D eigenvalue weighted by Gasteiger charge is 2.27. The second-order valence-electron chi connectivity index (χ2n) is 7.08.